The molecule has 0 saturated heterocycles. The molecule has 0 fully saturated rings. The number of nitriles is 1. The first-order chi connectivity index (χ1) is 11.5. The van der Waals surface area contributed by atoms with Crippen molar-refractivity contribution in [3.63, 3.8) is 0 Å². The molecule has 1 atom stereocenters. The summed E-state index contributed by atoms with van der Waals surface area (Å²) in [5.74, 6) is 0. The number of hydrogen-bond donors (Lipinski definition) is 0. The van der Waals surface area contributed by atoms with Gasteiger partial charge in [0.1, 0.15) is 5.60 Å². The summed E-state index contributed by atoms with van der Waals surface area (Å²) in [6.45, 7) is 3.70. The second-order valence-electron chi connectivity index (χ2n) is 6.87. The third-order valence-electron chi connectivity index (χ3n) is 4.80. The number of benzene rings is 2. The summed E-state index contributed by atoms with van der Waals surface area (Å²) in [4.78, 5) is 2.21. The van der Waals surface area contributed by atoms with E-state index in [1.807, 2.05) is 12.1 Å². The molecule has 24 heavy (non-hydrogen) atoms. The zero-order valence-corrected chi connectivity index (χ0v) is 14.7. The minimum absolute atomic E-state index is 0.396. The fourth-order valence-electron chi connectivity index (χ4n) is 3.51. The van der Waals surface area contributed by atoms with Crippen LogP contribution in [-0.2, 0) is 16.9 Å². The van der Waals surface area contributed by atoms with Crippen LogP contribution in [0.5, 0.6) is 0 Å². The van der Waals surface area contributed by atoms with Crippen LogP contribution in [0, 0.1) is 18.3 Å². The molecule has 0 aliphatic carbocycles. The first kappa shape index (κ1) is 16.7. The first-order valence-electron chi connectivity index (χ1n) is 8.44. The molecule has 124 valence electrons. The molecule has 0 aromatic heterocycles. The molecule has 1 aliphatic rings. The van der Waals surface area contributed by atoms with Gasteiger partial charge in [0.25, 0.3) is 0 Å². The monoisotopic (exact) mass is 320 g/mol. The highest BCUT2D eigenvalue weighted by molar-refractivity contribution is 5.48. The molecule has 0 amide bonds. The lowest BCUT2D eigenvalue weighted by Crippen LogP contribution is -2.28. The molecule has 1 aliphatic heterocycles. The van der Waals surface area contributed by atoms with E-state index in [0.717, 1.165) is 24.9 Å². The van der Waals surface area contributed by atoms with Gasteiger partial charge in [0, 0.05) is 0 Å². The van der Waals surface area contributed by atoms with Gasteiger partial charge in [-0.25, -0.2) is 0 Å². The lowest BCUT2D eigenvalue weighted by atomic mass is 9.81. The predicted octanol–water partition coefficient (Wildman–Crippen LogP) is 3.98. The van der Waals surface area contributed by atoms with E-state index < -0.39 is 5.60 Å². The van der Waals surface area contributed by atoms with E-state index in [1.165, 1.54) is 16.7 Å². The number of fused-ring (bicyclic) bond motifs is 1. The van der Waals surface area contributed by atoms with Gasteiger partial charge in [-0.3, -0.25) is 0 Å². The molecule has 0 N–H and O–H groups in total. The summed E-state index contributed by atoms with van der Waals surface area (Å²) in [6.07, 6.45) is 1.99. The molecule has 3 heteroatoms. The van der Waals surface area contributed by atoms with Gasteiger partial charge in [-0.05, 0) is 69.2 Å². The standard InChI is InChI=1S/C21H24N2O/c1-16-5-8-19(9-6-16)21(11-4-12-23(2)3)20-10-7-17(14-22)13-18(20)15-24-21/h5-10,13H,4,11-12,15H2,1-3H3. The molecular formula is C21H24N2O. The van der Waals surface area contributed by atoms with E-state index in [0.29, 0.717) is 12.2 Å². The Morgan fingerprint density at radius 1 is 1.17 bits per heavy atom. The van der Waals surface area contributed by atoms with Crippen LogP contribution in [0.15, 0.2) is 42.5 Å². The Labute approximate surface area is 144 Å². The molecule has 2 aromatic carbocycles. The molecule has 1 heterocycles. The van der Waals surface area contributed by atoms with E-state index in [4.69, 9.17) is 10.00 Å². The van der Waals surface area contributed by atoms with Crippen molar-refractivity contribution in [1.82, 2.24) is 4.90 Å². The molecule has 3 rings (SSSR count). The van der Waals surface area contributed by atoms with Crippen molar-refractivity contribution >= 4 is 0 Å². The molecule has 0 spiro atoms. The Hall–Kier alpha value is -2.15. The summed E-state index contributed by atoms with van der Waals surface area (Å²) in [7, 11) is 4.20. The summed E-state index contributed by atoms with van der Waals surface area (Å²) < 4.78 is 6.39. The number of aryl methyl sites for hydroxylation is 1. The quantitative estimate of drug-likeness (QED) is 0.836. The van der Waals surface area contributed by atoms with Gasteiger partial charge >= 0.3 is 0 Å². The number of rotatable bonds is 5. The van der Waals surface area contributed by atoms with Crippen LogP contribution < -0.4 is 0 Å². The zero-order chi connectivity index (χ0) is 17.2. The van der Waals surface area contributed by atoms with Crippen LogP contribution in [0.2, 0.25) is 0 Å². The van der Waals surface area contributed by atoms with E-state index in [-0.39, 0.29) is 0 Å². The maximum atomic E-state index is 9.15. The number of nitrogens with zero attached hydrogens (tertiary/aromatic N) is 2. The summed E-state index contributed by atoms with van der Waals surface area (Å²) in [6, 6.07) is 16.8. The largest absolute Gasteiger partial charge is 0.361 e. The van der Waals surface area contributed by atoms with E-state index >= 15 is 0 Å². The van der Waals surface area contributed by atoms with Crippen LogP contribution in [0.3, 0.4) is 0 Å². The normalized spacial score (nSPS) is 19.3. The van der Waals surface area contributed by atoms with Gasteiger partial charge < -0.3 is 9.64 Å². The topological polar surface area (TPSA) is 36.3 Å². The van der Waals surface area contributed by atoms with Gasteiger partial charge in [0.2, 0.25) is 0 Å². The fraction of sp³-hybridized carbons (Fsp3) is 0.381. The summed E-state index contributed by atoms with van der Waals surface area (Å²) in [5.41, 5.74) is 5.11. The van der Waals surface area contributed by atoms with Gasteiger partial charge in [0.15, 0.2) is 0 Å². The highest BCUT2D eigenvalue weighted by atomic mass is 16.5. The van der Waals surface area contributed by atoms with Crippen LogP contribution >= 0.6 is 0 Å². The fourth-order valence-corrected chi connectivity index (χ4v) is 3.51. The molecule has 3 nitrogen and oxygen atoms in total. The van der Waals surface area contributed by atoms with Crippen molar-refractivity contribution in [3.05, 3.63) is 70.3 Å². The van der Waals surface area contributed by atoms with Crippen molar-refractivity contribution in [2.45, 2.75) is 32.0 Å². The van der Waals surface area contributed by atoms with Crippen LogP contribution in [0.4, 0.5) is 0 Å². The minimum Gasteiger partial charge on any atom is -0.361 e. The average Bonchev–Trinajstić information content (AvgIpc) is 2.94. The van der Waals surface area contributed by atoms with Crippen LogP contribution in [0.25, 0.3) is 0 Å². The van der Waals surface area contributed by atoms with Crippen LogP contribution in [0.1, 0.15) is 40.7 Å². The van der Waals surface area contributed by atoms with Crippen molar-refractivity contribution in [2.75, 3.05) is 20.6 Å². The van der Waals surface area contributed by atoms with Crippen molar-refractivity contribution in [1.29, 1.82) is 5.26 Å². The van der Waals surface area contributed by atoms with Crippen molar-refractivity contribution in [2.24, 2.45) is 0 Å². The van der Waals surface area contributed by atoms with E-state index in [1.54, 1.807) is 0 Å². The zero-order valence-electron chi connectivity index (χ0n) is 14.7. The van der Waals surface area contributed by atoms with Gasteiger partial charge in [-0.15, -0.1) is 0 Å². The number of hydrogen-bond acceptors (Lipinski definition) is 3. The molecule has 1 unspecified atom stereocenters. The maximum Gasteiger partial charge on any atom is 0.119 e. The van der Waals surface area contributed by atoms with Crippen molar-refractivity contribution < 1.29 is 4.74 Å². The lowest BCUT2D eigenvalue weighted by molar-refractivity contribution is -0.0139. The SMILES string of the molecule is Cc1ccc(C2(CCCN(C)C)OCc3cc(C#N)ccc32)cc1. The summed E-state index contributed by atoms with van der Waals surface area (Å²) >= 11 is 0. The Balaban J connectivity index is 2.02. The maximum absolute atomic E-state index is 9.15. The molecule has 2 aromatic rings. The Morgan fingerprint density at radius 3 is 2.58 bits per heavy atom. The molecule has 0 radical (unpaired) electrons. The molecular weight excluding hydrogens is 296 g/mol. The van der Waals surface area contributed by atoms with Crippen molar-refractivity contribution in [3.8, 4) is 6.07 Å². The summed E-state index contributed by atoms with van der Waals surface area (Å²) in [5, 5.41) is 9.15. The lowest BCUT2D eigenvalue weighted by Gasteiger charge is -2.31. The average molecular weight is 320 g/mol. The second-order valence-corrected chi connectivity index (χ2v) is 6.87. The number of ether oxygens (including phenoxy) is 1. The van der Waals surface area contributed by atoms with Crippen LogP contribution in [-0.4, -0.2) is 25.5 Å². The highest BCUT2D eigenvalue weighted by Gasteiger charge is 2.41. The smallest absolute Gasteiger partial charge is 0.119 e. The Kier molecular flexibility index (Phi) is 4.71. The first-order valence-corrected chi connectivity index (χ1v) is 8.44. The minimum atomic E-state index is -0.396. The second kappa shape index (κ2) is 6.76. The molecule has 0 saturated carbocycles. The Morgan fingerprint density at radius 2 is 1.92 bits per heavy atom. The van der Waals surface area contributed by atoms with Gasteiger partial charge in [-0.1, -0.05) is 35.9 Å². The highest BCUT2D eigenvalue weighted by Crippen LogP contribution is 2.45. The third-order valence-corrected chi connectivity index (χ3v) is 4.80. The van der Waals surface area contributed by atoms with Gasteiger partial charge in [0.05, 0.1) is 18.2 Å². The van der Waals surface area contributed by atoms with E-state index in [2.05, 4.69) is 62.3 Å². The third kappa shape index (κ3) is 3.08. The molecule has 0 bridgehead atoms. The van der Waals surface area contributed by atoms with E-state index in [9.17, 15) is 0 Å². The van der Waals surface area contributed by atoms with Gasteiger partial charge in [-0.2, -0.15) is 5.26 Å². The predicted molar refractivity (Wildman–Crippen MR) is 95.7 cm³/mol. The Bertz CT molecular complexity index is 758.